The fourth-order valence-electron chi connectivity index (χ4n) is 1.56. The van der Waals surface area contributed by atoms with Crippen molar-refractivity contribution in [1.82, 2.24) is 20.0 Å². The van der Waals surface area contributed by atoms with Gasteiger partial charge in [-0.05, 0) is 13.8 Å². The molecular formula is C10H14N6O2. The number of carbonyl (C=O) groups excluding carboxylic acids is 1. The van der Waals surface area contributed by atoms with Crippen LogP contribution in [0.1, 0.15) is 23.0 Å². The van der Waals surface area contributed by atoms with Crippen LogP contribution in [0.2, 0.25) is 0 Å². The molecule has 0 aliphatic rings. The second-order valence-electron chi connectivity index (χ2n) is 3.66. The van der Waals surface area contributed by atoms with Crippen molar-refractivity contribution in [3.63, 3.8) is 0 Å². The van der Waals surface area contributed by atoms with E-state index in [1.807, 2.05) is 0 Å². The number of nitrogen functional groups attached to an aromatic ring is 2. The van der Waals surface area contributed by atoms with Crippen molar-refractivity contribution in [1.29, 1.82) is 0 Å². The summed E-state index contributed by atoms with van der Waals surface area (Å²) >= 11 is 0. The third kappa shape index (κ3) is 1.77. The summed E-state index contributed by atoms with van der Waals surface area (Å²) in [4.78, 5) is 11.8. The number of ether oxygens (including phenoxy) is 1. The molecule has 5 N–H and O–H groups in total. The maximum Gasteiger partial charge on any atom is 0.343 e. The van der Waals surface area contributed by atoms with Gasteiger partial charge in [-0.1, -0.05) is 0 Å². The molecule has 0 unspecified atom stereocenters. The van der Waals surface area contributed by atoms with Crippen LogP contribution >= 0.6 is 0 Å². The lowest BCUT2D eigenvalue weighted by molar-refractivity contribution is 0.0525. The highest BCUT2D eigenvalue weighted by molar-refractivity contribution is 5.94. The zero-order valence-electron chi connectivity index (χ0n) is 10.1. The predicted octanol–water partition coefficient (Wildman–Crippen LogP) is 0.245. The summed E-state index contributed by atoms with van der Waals surface area (Å²) in [6, 6.07) is 0. The van der Waals surface area contributed by atoms with E-state index < -0.39 is 5.97 Å². The van der Waals surface area contributed by atoms with E-state index in [-0.39, 0.29) is 18.2 Å². The zero-order valence-corrected chi connectivity index (χ0v) is 10.1. The highest BCUT2D eigenvalue weighted by atomic mass is 16.5. The number of carbonyl (C=O) groups is 1. The van der Waals surface area contributed by atoms with Gasteiger partial charge in [-0.3, -0.25) is 5.10 Å². The number of esters is 1. The summed E-state index contributed by atoms with van der Waals surface area (Å²) in [5.41, 5.74) is 12.6. The van der Waals surface area contributed by atoms with Crippen molar-refractivity contribution >= 4 is 17.5 Å². The van der Waals surface area contributed by atoms with Gasteiger partial charge in [0.15, 0.2) is 11.6 Å². The van der Waals surface area contributed by atoms with Crippen LogP contribution in [0.5, 0.6) is 0 Å². The standard InChI is InChI=1S/C10H14N6O2/c1-3-18-10(17)7-5(2)14-15-9(7)16-8(12)6(11)4-13-16/h4H,3,11-12H2,1-2H3,(H,14,15). The molecule has 0 radical (unpaired) electrons. The van der Waals surface area contributed by atoms with E-state index in [0.717, 1.165) is 0 Å². The minimum absolute atomic E-state index is 0.229. The first-order valence-electron chi connectivity index (χ1n) is 5.37. The SMILES string of the molecule is CCOC(=O)c1c(-n2ncc(N)c2N)n[nH]c1C. The van der Waals surface area contributed by atoms with E-state index in [4.69, 9.17) is 16.2 Å². The van der Waals surface area contributed by atoms with E-state index in [0.29, 0.717) is 16.9 Å². The lowest BCUT2D eigenvalue weighted by atomic mass is 10.2. The quantitative estimate of drug-likeness (QED) is 0.670. The molecule has 0 aromatic carbocycles. The van der Waals surface area contributed by atoms with Crippen LogP contribution in [-0.2, 0) is 4.74 Å². The summed E-state index contributed by atoms with van der Waals surface area (Å²) in [5.74, 6) is 0.0272. The lowest BCUT2D eigenvalue weighted by Crippen LogP contribution is -2.12. The van der Waals surface area contributed by atoms with Gasteiger partial charge in [-0.15, -0.1) is 0 Å². The van der Waals surface area contributed by atoms with Gasteiger partial charge in [-0.2, -0.15) is 14.9 Å². The third-order valence-corrected chi connectivity index (χ3v) is 2.44. The number of aromatic nitrogens is 4. The van der Waals surface area contributed by atoms with E-state index in [1.54, 1.807) is 13.8 Å². The monoisotopic (exact) mass is 250 g/mol. The second-order valence-corrected chi connectivity index (χ2v) is 3.66. The molecule has 8 nitrogen and oxygen atoms in total. The van der Waals surface area contributed by atoms with Crippen LogP contribution in [0, 0.1) is 6.92 Å². The lowest BCUT2D eigenvalue weighted by Gasteiger charge is -2.05. The first kappa shape index (κ1) is 12.0. The molecule has 0 saturated carbocycles. The number of nitrogens with two attached hydrogens (primary N) is 2. The van der Waals surface area contributed by atoms with Gasteiger partial charge >= 0.3 is 5.97 Å². The molecule has 0 fully saturated rings. The smallest absolute Gasteiger partial charge is 0.343 e. The normalized spacial score (nSPS) is 10.6. The largest absolute Gasteiger partial charge is 0.462 e. The Morgan fingerprint density at radius 3 is 2.83 bits per heavy atom. The Labute approximate surface area is 103 Å². The molecule has 0 saturated heterocycles. The van der Waals surface area contributed by atoms with Crippen molar-refractivity contribution in [2.75, 3.05) is 18.1 Å². The number of hydrogen-bond donors (Lipinski definition) is 3. The third-order valence-electron chi connectivity index (χ3n) is 2.44. The Bertz CT molecular complexity index is 585. The number of hydrogen-bond acceptors (Lipinski definition) is 6. The van der Waals surface area contributed by atoms with Gasteiger partial charge in [-0.25, -0.2) is 4.79 Å². The maximum atomic E-state index is 11.8. The number of aromatic amines is 1. The van der Waals surface area contributed by atoms with Crippen molar-refractivity contribution in [2.45, 2.75) is 13.8 Å². The molecule has 0 bridgehead atoms. The van der Waals surface area contributed by atoms with E-state index in [9.17, 15) is 4.79 Å². The van der Waals surface area contributed by atoms with Gasteiger partial charge < -0.3 is 16.2 Å². The summed E-state index contributed by atoms with van der Waals surface area (Å²) in [6.45, 7) is 3.72. The number of aryl methyl sites for hydroxylation is 1. The summed E-state index contributed by atoms with van der Waals surface area (Å²) in [6.07, 6.45) is 1.40. The molecule has 0 atom stereocenters. The van der Waals surface area contributed by atoms with Crippen LogP contribution in [0.25, 0.3) is 5.82 Å². The second kappa shape index (κ2) is 4.40. The predicted molar refractivity (Wildman–Crippen MR) is 65.2 cm³/mol. The topological polar surface area (TPSA) is 125 Å². The van der Waals surface area contributed by atoms with Crippen LogP contribution in [0.3, 0.4) is 0 Å². The summed E-state index contributed by atoms with van der Waals surface area (Å²) in [7, 11) is 0. The van der Waals surface area contributed by atoms with Gasteiger partial charge in [0.05, 0.1) is 18.5 Å². The molecule has 18 heavy (non-hydrogen) atoms. The summed E-state index contributed by atoms with van der Waals surface area (Å²) in [5, 5.41) is 10.7. The molecule has 2 aromatic rings. The Kier molecular flexibility index (Phi) is 2.92. The maximum absolute atomic E-state index is 11.8. The Morgan fingerprint density at radius 1 is 1.56 bits per heavy atom. The van der Waals surface area contributed by atoms with E-state index >= 15 is 0 Å². The fraction of sp³-hybridized carbons (Fsp3) is 0.300. The van der Waals surface area contributed by atoms with Gasteiger partial charge in [0, 0.05) is 5.69 Å². The highest BCUT2D eigenvalue weighted by Gasteiger charge is 2.22. The number of rotatable bonds is 3. The summed E-state index contributed by atoms with van der Waals surface area (Å²) < 4.78 is 6.26. The van der Waals surface area contributed by atoms with Crippen LogP contribution in [0.4, 0.5) is 11.5 Å². The molecular weight excluding hydrogens is 236 g/mol. The molecule has 8 heteroatoms. The number of nitrogens with zero attached hydrogens (tertiary/aromatic N) is 3. The molecule has 2 heterocycles. The minimum Gasteiger partial charge on any atom is -0.462 e. The Balaban J connectivity index is 2.53. The van der Waals surface area contributed by atoms with Crippen molar-refractivity contribution in [2.24, 2.45) is 0 Å². The molecule has 96 valence electrons. The first-order valence-corrected chi connectivity index (χ1v) is 5.37. The van der Waals surface area contributed by atoms with Gasteiger partial charge in [0.2, 0.25) is 0 Å². The molecule has 2 aromatic heterocycles. The zero-order chi connectivity index (χ0) is 13.3. The Morgan fingerprint density at radius 2 is 2.28 bits per heavy atom. The number of anilines is 2. The first-order chi connectivity index (χ1) is 8.56. The number of H-pyrrole nitrogens is 1. The van der Waals surface area contributed by atoms with Crippen molar-refractivity contribution in [3.05, 3.63) is 17.5 Å². The van der Waals surface area contributed by atoms with Crippen LogP contribution in [0.15, 0.2) is 6.20 Å². The van der Waals surface area contributed by atoms with E-state index in [1.165, 1.54) is 10.9 Å². The van der Waals surface area contributed by atoms with Gasteiger partial charge in [0.25, 0.3) is 0 Å². The van der Waals surface area contributed by atoms with Crippen molar-refractivity contribution in [3.8, 4) is 5.82 Å². The molecule has 0 aliphatic carbocycles. The average Bonchev–Trinajstić information content (AvgIpc) is 2.85. The molecule has 0 aliphatic heterocycles. The number of nitrogens with one attached hydrogen (secondary N) is 1. The molecule has 2 rings (SSSR count). The minimum atomic E-state index is -0.479. The molecule has 0 amide bonds. The average molecular weight is 250 g/mol. The van der Waals surface area contributed by atoms with E-state index in [2.05, 4.69) is 15.3 Å². The fourth-order valence-corrected chi connectivity index (χ4v) is 1.56. The van der Waals surface area contributed by atoms with Gasteiger partial charge in [0.1, 0.15) is 5.56 Å². The van der Waals surface area contributed by atoms with Crippen molar-refractivity contribution < 1.29 is 9.53 Å². The molecule has 0 spiro atoms. The van der Waals surface area contributed by atoms with Crippen LogP contribution < -0.4 is 11.5 Å². The highest BCUT2D eigenvalue weighted by Crippen LogP contribution is 2.22. The Hall–Kier alpha value is -2.51. The van der Waals surface area contributed by atoms with Crippen LogP contribution in [-0.4, -0.2) is 32.6 Å².